The van der Waals surface area contributed by atoms with Gasteiger partial charge in [0, 0.05) is 20.1 Å². The molecule has 23 heavy (non-hydrogen) atoms. The number of amides is 1. The summed E-state index contributed by atoms with van der Waals surface area (Å²) in [6.07, 6.45) is -1.35. The minimum absolute atomic E-state index is 0.257. The van der Waals surface area contributed by atoms with Gasteiger partial charge in [-0.25, -0.2) is 0 Å². The Kier molecular flexibility index (Phi) is 4.46. The number of hydrogen-bond donors (Lipinski definition) is 1. The standard InChI is InChI=1S/C19H21NO3/c1-20-16(18(23-2)14-11-7-4-8-12-14)15(17(21)19(20)22)13-9-5-3-6-10-13/h3-12,15-18,21H,1-2H3/t15-,16+,17+,18+/m1/s1. The topological polar surface area (TPSA) is 49.8 Å². The molecule has 1 saturated heterocycles. The van der Waals surface area contributed by atoms with E-state index in [4.69, 9.17) is 4.74 Å². The van der Waals surface area contributed by atoms with Crippen molar-refractivity contribution in [1.29, 1.82) is 0 Å². The molecule has 4 atom stereocenters. The van der Waals surface area contributed by atoms with Gasteiger partial charge in [0.05, 0.1) is 6.04 Å². The minimum Gasteiger partial charge on any atom is -0.383 e. The second kappa shape index (κ2) is 6.52. The van der Waals surface area contributed by atoms with E-state index in [0.717, 1.165) is 11.1 Å². The predicted octanol–water partition coefficient (Wildman–Crippen LogP) is 2.36. The molecule has 0 bridgehead atoms. The fraction of sp³-hybridized carbons (Fsp3) is 0.316. The number of rotatable bonds is 4. The summed E-state index contributed by atoms with van der Waals surface area (Å²) < 4.78 is 5.73. The van der Waals surface area contributed by atoms with Crippen molar-refractivity contribution in [2.24, 2.45) is 0 Å². The van der Waals surface area contributed by atoms with Crippen molar-refractivity contribution in [3.63, 3.8) is 0 Å². The van der Waals surface area contributed by atoms with Crippen molar-refractivity contribution in [3.05, 3.63) is 71.8 Å². The van der Waals surface area contributed by atoms with Crippen molar-refractivity contribution in [2.75, 3.05) is 14.2 Å². The lowest BCUT2D eigenvalue weighted by Gasteiger charge is -2.32. The Labute approximate surface area is 136 Å². The zero-order valence-corrected chi connectivity index (χ0v) is 13.3. The van der Waals surface area contributed by atoms with Crippen LogP contribution in [0.5, 0.6) is 0 Å². The van der Waals surface area contributed by atoms with Crippen LogP contribution < -0.4 is 0 Å². The fourth-order valence-corrected chi connectivity index (χ4v) is 3.50. The number of carbonyl (C=O) groups excluding carboxylic acids is 1. The molecule has 1 heterocycles. The molecule has 120 valence electrons. The first-order valence-corrected chi connectivity index (χ1v) is 7.72. The molecule has 1 aliphatic rings. The fourth-order valence-electron chi connectivity index (χ4n) is 3.50. The number of aliphatic hydroxyl groups excluding tert-OH is 1. The van der Waals surface area contributed by atoms with E-state index in [1.165, 1.54) is 0 Å². The average Bonchev–Trinajstić information content (AvgIpc) is 2.82. The Morgan fingerprint density at radius 1 is 1.04 bits per heavy atom. The largest absolute Gasteiger partial charge is 0.383 e. The number of ether oxygens (including phenoxy) is 1. The first-order chi connectivity index (χ1) is 11.1. The second-order valence-corrected chi connectivity index (χ2v) is 5.89. The summed E-state index contributed by atoms with van der Waals surface area (Å²) in [5, 5.41) is 10.5. The van der Waals surface area contributed by atoms with E-state index < -0.39 is 6.10 Å². The lowest BCUT2D eigenvalue weighted by Crippen LogP contribution is -2.37. The van der Waals surface area contributed by atoms with Gasteiger partial charge in [0.1, 0.15) is 12.2 Å². The van der Waals surface area contributed by atoms with E-state index in [1.807, 2.05) is 60.7 Å². The SMILES string of the molecule is CO[C@@H](c1ccccc1)[C@@H]1[C@@H](c2ccccc2)[C@H](O)C(=O)N1C. The Hall–Kier alpha value is -2.17. The molecule has 0 aliphatic carbocycles. The highest BCUT2D eigenvalue weighted by Gasteiger charge is 2.50. The maximum absolute atomic E-state index is 12.4. The Morgan fingerprint density at radius 2 is 1.61 bits per heavy atom. The highest BCUT2D eigenvalue weighted by atomic mass is 16.5. The first-order valence-electron chi connectivity index (χ1n) is 7.72. The van der Waals surface area contributed by atoms with Gasteiger partial charge in [0.15, 0.2) is 0 Å². The van der Waals surface area contributed by atoms with Crippen LogP contribution in [0.4, 0.5) is 0 Å². The Bertz CT molecular complexity index is 659. The number of aliphatic hydroxyl groups is 1. The summed E-state index contributed by atoms with van der Waals surface area (Å²) in [6.45, 7) is 0. The quantitative estimate of drug-likeness (QED) is 0.943. The molecule has 4 nitrogen and oxygen atoms in total. The van der Waals surface area contributed by atoms with Crippen LogP contribution in [0.25, 0.3) is 0 Å². The highest BCUT2D eigenvalue weighted by molar-refractivity contribution is 5.85. The van der Waals surface area contributed by atoms with Gasteiger partial charge in [-0.15, -0.1) is 0 Å². The van der Waals surface area contributed by atoms with Crippen LogP contribution in [-0.4, -0.2) is 42.2 Å². The molecule has 1 N–H and O–H groups in total. The van der Waals surface area contributed by atoms with Crippen LogP contribution in [0.3, 0.4) is 0 Å². The normalized spacial score (nSPS) is 25.6. The molecule has 0 aromatic heterocycles. The molecule has 3 rings (SSSR count). The summed E-state index contributed by atoms with van der Waals surface area (Å²) >= 11 is 0. The molecule has 0 spiro atoms. The van der Waals surface area contributed by atoms with Crippen molar-refractivity contribution in [3.8, 4) is 0 Å². The third-order valence-electron chi connectivity index (χ3n) is 4.63. The molecule has 0 radical (unpaired) electrons. The van der Waals surface area contributed by atoms with Crippen molar-refractivity contribution in [1.82, 2.24) is 4.90 Å². The molecule has 2 aromatic carbocycles. The van der Waals surface area contributed by atoms with E-state index in [2.05, 4.69) is 0 Å². The number of methoxy groups -OCH3 is 1. The van der Waals surface area contributed by atoms with Gasteiger partial charge < -0.3 is 14.7 Å². The molecule has 1 aliphatic heterocycles. The van der Waals surface area contributed by atoms with Crippen LogP contribution in [0.2, 0.25) is 0 Å². The predicted molar refractivity (Wildman–Crippen MR) is 87.9 cm³/mol. The van der Waals surface area contributed by atoms with Crippen molar-refractivity contribution in [2.45, 2.75) is 24.2 Å². The smallest absolute Gasteiger partial charge is 0.252 e. The lowest BCUT2D eigenvalue weighted by atomic mass is 9.85. The number of carbonyl (C=O) groups is 1. The van der Waals surface area contributed by atoms with Crippen LogP contribution in [-0.2, 0) is 9.53 Å². The van der Waals surface area contributed by atoms with Gasteiger partial charge in [0.2, 0.25) is 0 Å². The molecular weight excluding hydrogens is 290 g/mol. The minimum atomic E-state index is -1.05. The third kappa shape index (κ3) is 2.76. The number of likely N-dealkylation sites (N-methyl/N-ethyl adjacent to an activating group) is 1. The van der Waals surface area contributed by atoms with E-state index in [0.29, 0.717) is 0 Å². The van der Waals surface area contributed by atoms with Gasteiger partial charge in [-0.2, -0.15) is 0 Å². The van der Waals surface area contributed by atoms with Crippen LogP contribution in [0, 0.1) is 0 Å². The Balaban J connectivity index is 2.04. The summed E-state index contributed by atoms with van der Waals surface area (Å²) in [6, 6.07) is 19.2. The Morgan fingerprint density at radius 3 is 2.17 bits per heavy atom. The van der Waals surface area contributed by atoms with Gasteiger partial charge in [0.25, 0.3) is 5.91 Å². The number of benzene rings is 2. The van der Waals surface area contributed by atoms with Gasteiger partial charge in [-0.1, -0.05) is 60.7 Å². The van der Waals surface area contributed by atoms with Crippen LogP contribution >= 0.6 is 0 Å². The molecule has 1 fully saturated rings. The summed E-state index contributed by atoms with van der Waals surface area (Å²) in [5.41, 5.74) is 1.94. The highest BCUT2D eigenvalue weighted by Crippen LogP contribution is 2.41. The number of nitrogens with zero attached hydrogens (tertiary/aromatic N) is 1. The third-order valence-corrected chi connectivity index (χ3v) is 4.63. The molecular formula is C19H21NO3. The number of likely N-dealkylation sites (tertiary alicyclic amines) is 1. The average molecular weight is 311 g/mol. The molecule has 0 saturated carbocycles. The second-order valence-electron chi connectivity index (χ2n) is 5.89. The first kappa shape index (κ1) is 15.7. The van der Waals surface area contributed by atoms with Gasteiger partial charge in [-0.05, 0) is 11.1 Å². The molecule has 0 unspecified atom stereocenters. The number of hydrogen-bond acceptors (Lipinski definition) is 3. The van der Waals surface area contributed by atoms with Crippen LogP contribution in [0.15, 0.2) is 60.7 Å². The van der Waals surface area contributed by atoms with E-state index in [1.54, 1.807) is 19.1 Å². The van der Waals surface area contributed by atoms with Crippen LogP contribution in [0.1, 0.15) is 23.1 Å². The maximum atomic E-state index is 12.4. The maximum Gasteiger partial charge on any atom is 0.252 e. The van der Waals surface area contributed by atoms with E-state index >= 15 is 0 Å². The summed E-state index contributed by atoms with van der Waals surface area (Å²) in [7, 11) is 3.37. The molecule has 2 aromatic rings. The summed E-state index contributed by atoms with van der Waals surface area (Å²) in [4.78, 5) is 14.0. The van der Waals surface area contributed by atoms with Crippen molar-refractivity contribution >= 4 is 5.91 Å². The van der Waals surface area contributed by atoms with Gasteiger partial charge >= 0.3 is 0 Å². The van der Waals surface area contributed by atoms with Crippen molar-refractivity contribution < 1.29 is 14.6 Å². The zero-order chi connectivity index (χ0) is 16.4. The molecule has 1 amide bonds. The van der Waals surface area contributed by atoms with E-state index in [9.17, 15) is 9.90 Å². The lowest BCUT2D eigenvalue weighted by molar-refractivity contribution is -0.135. The monoisotopic (exact) mass is 311 g/mol. The summed E-state index contributed by atoms with van der Waals surface area (Å²) in [5.74, 6) is -0.583. The zero-order valence-electron chi connectivity index (χ0n) is 13.3. The van der Waals surface area contributed by atoms with E-state index in [-0.39, 0.29) is 24.0 Å². The van der Waals surface area contributed by atoms with Gasteiger partial charge in [-0.3, -0.25) is 4.79 Å². The molecule has 4 heteroatoms.